The molecule has 1 saturated carbocycles. The number of benzene rings is 1. The predicted molar refractivity (Wildman–Crippen MR) is 136 cm³/mol. The van der Waals surface area contributed by atoms with Gasteiger partial charge in [0.15, 0.2) is 0 Å². The van der Waals surface area contributed by atoms with Gasteiger partial charge in [-0.2, -0.15) is 0 Å². The first-order valence-electron chi connectivity index (χ1n) is 11.4. The van der Waals surface area contributed by atoms with Gasteiger partial charge in [-0.1, -0.05) is 30.8 Å². The summed E-state index contributed by atoms with van der Waals surface area (Å²) in [4.78, 5) is 36.1. The normalized spacial score (nSPS) is 18.5. The van der Waals surface area contributed by atoms with Crippen molar-refractivity contribution < 1.29 is 9.59 Å². The molecular weight excluding hydrogens is 448 g/mol. The second-order valence-electron chi connectivity index (χ2n) is 8.45. The number of amides is 2. The monoisotopic (exact) mass is 476 g/mol. The molecule has 2 aromatic heterocycles. The van der Waals surface area contributed by atoms with Gasteiger partial charge in [-0.05, 0) is 62.4 Å². The second kappa shape index (κ2) is 11.2. The van der Waals surface area contributed by atoms with Crippen LogP contribution in [0.1, 0.15) is 43.9 Å². The molecule has 0 bridgehead atoms. The molecule has 8 nitrogen and oxygen atoms in total. The standard InChI is InChI=1S/C25H28N6O2S/c1-16(23(32)31-25(33)34)14-20-11-13-27-24(30-20)29-19-9-7-18(8-10-19)28-15-17-4-2-6-22-21(17)5-3-12-26-22/h2-6,11-14,18-19,28H,7-10,15H2,1H3,(H,27,29,30)(H2,31,32,33,34)/b16-14+. The van der Waals surface area contributed by atoms with Crippen molar-refractivity contribution in [3.63, 3.8) is 0 Å². The van der Waals surface area contributed by atoms with Gasteiger partial charge >= 0.3 is 0 Å². The number of rotatable bonds is 7. The van der Waals surface area contributed by atoms with E-state index in [9.17, 15) is 9.59 Å². The minimum absolute atomic E-state index is 0.297. The van der Waals surface area contributed by atoms with E-state index in [0.29, 0.717) is 29.3 Å². The van der Waals surface area contributed by atoms with Crippen LogP contribution in [-0.4, -0.2) is 38.2 Å². The zero-order valence-corrected chi connectivity index (χ0v) is 19.9. The van der Waals surface area contributed by atoms with Crippen molar-refractivity contribution in [3.8, 4) is 0 Å². The van der Waals surface area contributed by atoms with E-state index in [1.54, 1.807) is 25.3 Å². The molecule has 0 saturated heterocycles. The summed E-state index contributed by atoms with van der Waals surface area (Å²) in [5.41, 5.74) is 3.25. The number of nitrogens with zero attached hydrogens (tertiary/aromatic N) is 3. The van der Waals surface area contributed by atoms with Crippen LogP contribution in [-0.2, 0) is 11.3 Å². The molecule has 1 aliphatic carbocycles. The van der Waals surface area contributed by atoms with Crippen LogP contribution in [0.5, 0.6) is 0 Å². The molecule has 2 amide bonds. The van der Waals surface area contributed by atoms with Crippen LogP contribution in [0.15, 0.2) is 54.4 Å². The fraction of sp³-hybridized carbons (Fsp3) is 0.320. The highest BCUT2D eigenvalue weighted by Gasteiger charge is 2.21. The van der Waals surface area contributed by atoms with Gasteiger partial charge in [-0.3, -0.25) is 19.9 Å². The van der Waals surface area contributed by atoms with Crippen LogP contribution in [0.25, 0.3) is 17.0 Å². The molecule has 2 heterocycles. The number of carbonyl (C=O) groups excluding carboxylic acids is 2. The Morgan fingerprint density at radius 3 is 2.62 bits per heavy atom. The first-order valence-corrected chi connectivity index (χ1v) is 11.8. The Kier molecular flexibility index (Phi) is 7.87. The molecule has 0 radical (unpaired) electrons. The molecule has 0 atom stereocenters. The lowest BCUT2D eigenvalue weighted by Crippen LogP contribution is -2.36. The lowest BCUT2D eigenvalue weighted by molar-refractivity contribution is -0.116. The highest BCUT2D eigenvalue weighted by Crippen LogP contribution is 2.23. The van der Waals surface area contributed by atoms with Crippen molar-refractivity contribution in [1.82, 2.24) is 25.6 Å². The van der Waals surface area contributed by atoms with Crippen molar-refractivity contribution >= 4 is 46.7 Å². The first-order chi connectivity index (χ1) is 16.5. The topological polar surface area (TPSA) is 109 Å². The molecule has 3 aromatic rings. The molecule has 1 fully saturated rings. The van der Waals surface area contributed by atoms with Crippen LogP contribution in [0, 0.1) is 0 Å². The third kappa shape index (κ3) is 6.39. The van der Waals surface area contributed by atoms with Crippen LogP contribution in [0.2, 0.25) is 0 Å². The van der Waals surface area contributed by atoms with Crippen molar-refractivity contribution in [2.45, 2.75) is 51.2 Å². The molecule has 1 aromatic carbocycles. The average Bonchev–Trinajstić information content (AvgIpc) is 2.83. The Labute approximate surface area is 204 Å². The SMILES string of the molecule is C/C(=C\c1ccnc(NC2CCC(NCc3cccc4ncccc34)CC2)n1)C(=O)NC(=O)S. The Morgan fingerprint density at radius 2 is 1.82 bits per heavy atom. The number of carbonyl (C=O) groups is 2. The maximum atomic E-state index is 11.9. The highest BCUT2D eigenvalue weighted by molar-refractivity contribution is 7.96. The summed E-state index contributed by atoms with van der Waals surface area (Å²) in [6.07, 6.45) is 9.26. The smallest absolute Gasteiger partial charge is 0.282 e. The highest BCUT2D eigenvalue weighted by atomic mass is 32.1. The lowest BCUT2D eigenvalue weighted by atomic mass is 9.91. The van der Waals surface area contributed by atoms with Crippen molar-refractivity contribution in [2.75, 3.05) is 5.32 Å². The van der Waals surface area contributed by atoms with E-state index >= 15 is 0 Å². The van der Waals surface area contributed by atoms with Crippen molar-refractivity contribution in [2.24, 2.45) is 0 Å². The largest absolute Gasteiger partial charge is 0.351 e. The van der Waals surface area contributed by atoms with Gasteiger partial charge in [0.25, 0.3) is 11.1 Å². The summed E-state index contributed by atoms with van der Waals surface area (Å²) < 4.78 is 0. The first kappa shape index (κ1) is 23.8. The van der Waals surface area contributed by atoms with Gasteiger partial charge in [-0.25, -0.2) is 9.97 Å². The lowest BCUT2D eigenvalue weighted by Gasteiger charge is -2.30. The molecule has 0 unspecified atom stereocenters. The van der Waals surface area contributed by atoms with Crippen LogP contribution in [0.3, 0.4) is 0 Å². The number of thiol groups is 1. The van der Waals surface area contributed by atoms with E-state index in [4.69, 9.17) is 0 Å². The molecule has 0 spiro atoms. The number of hydrogen-bond acceptors (Lipinski definition) is 7. The second-order valence-corrected chi connectivity index (χ2v) is 8.86. The maximum Gasteiger partial charge on any atom is 0.282 e. The summed E-state index contributed by atoms with van der Waals surface area (Å²) in [5, 5.41) is 9.76. The number of anilines is 1. The van der Waals surface area contributed by atoms with Gasteiger partial charge in [0.2, 0.25) is 5.95 Å². The summed E-state index contributed by atoms with van der Waals surface area (Å²) in [6.45, 7) is 2.44. The van der Waals surface area contributed by atoms with Crippen molar-refractivity contribution in [1.29, 1.82) is 0 Å². The van der Waals surface area contributed by atoms with E-state index in [-0.39, 0.29) is 0 Å². The molecule has 9 heteroatoms. The molecule has 34 heavy (non-hydrogen) atoms. The molecule has 1 aliphatic rings. The summed E-state index contributed by atoms with van der Waals surface area (Å²) in [6, 6.07) is 12.8. The fourth-order valence-corrected chi connectivity index (χ4v) is 4.31. The third-order valence-corrected chi connectivity index (χ3v) is 6.11. The van der Waals surface area contributed by atoms with Crippen LogP contribution >= 0.6 is 12.6 Å². The summed E-state index contributed by atoms with van der Waals surface area (Å²) in [7, 11) is 0. The average molecular weight is 477 g/mol. The van der Waals surface area contributed by atoms with Crippen molar-refractivity contribution in [3.05, 3.63) is 65.6 Å². The van der Waals surface area contributed by atoms with Gasteiger partial charge in [0.1, 0.15) is 0 Å². The molecule has 0 aliphatic heterocycles. The molecule has 4 rings (SSSR count). The predicted octanol–water partition coefficient (Wildman–Crippen LogP) is 4.11. The number of fused-ring (bicyclic) bond motifs is 1. The van der Waals surface area contributed by atoms with Gasteiger partial charge < -0.3 is 10.6 Å². The zero-order valence-electron chi connectivity index (χ0n) is 19.0. The number of imide groups is 1. The number of pyridine rings is 1. The molecule has 176 valence electrons. The van der Waals surface area contributed by atoms with Gasteiger partial charge in [0.05, 0.1) is 11.2 Å². The van der Waals surface area contributed by atoms with Gasteiger partial charge in [-0.15, -0.1) is 0 Å². The Hall–Kier alpha value is -3.30. The Morgan fingerprint density at radius 1 is 1.03 bits per heavy atom. The molecule has 3 N–H and O–H groups in total. The molecular formula is C25H28N6O2S. The summed E-state index contributed by atoms with van der Waals surface area (Å²) in [5.74, 6) is 0.0330. The summed E-state index contributed by atoms with van der Waals surface area (Å²) >= 11 is 3.56. The Balaban J connectivity index is 1.28. The van der Waals surface area contributed by atoms with Crippen LogP contribution in [0.4, 0.5) is 10.7 Å². The Bertz CT molecular complexity index is 1200. The van der Waals surface area contributed by atoms with Crippen LogP contribution < -0.4 is 16.0 Å². The van der Waals surface area contributed by atoms with E-state index in [0.717, 1.165) is 37.7 Å². The number of aromatic nitrogens is 3. The number of hydrogen-bond donors (Lipinski definition) is 4. The quantitative estimate of drug-likeness (QED) is 0.300. The van der Waals surface area contributed by atoms with E-state index in [1.807, 2.05) is 18.3 Å². The van der Waals surface area contributed by atoms with E-state index in [2.05, 4.69) is 61.7 Å². The third-order valence-electron chi connectivity index (χ3n) is 6.00. The van der Waals surface area contributed by atoms with Gasteiger partial charge in [0, 0.05) is 42.0 Å². The number of nitrogens with one attached hydrogen (secondary N) is 3. The minimum Gasteiger partial charge on any atom is -0.351 e. The van der Waals surface area contributed by atoms with E-state index < -0.39 is 11.1 Å². The fourth-order valence-electron chi connectivity index (χ4n) is 4.21. The zero-order chi connectivity index (χ0) is 23.9. The minimum atomic E-state index is -0.693. The van der Waals surface area contributed by atoms with E-state index in [1.165, 1.54) is 10.9 Å². The maximum absolute atomic E-state index is 11.9.